The fourth-order valence-corrected chi connectivity index (χ4v) is 4.54. The molecule has 10 heteroatoms. The summed E-state index contributed by atoms with van der Waals surface area (Å²) in [5, 5.41) is 0. The third kappa shape index (κ3) is 3.66. The summed E-state index contributed by atoms with van der Waals surface area (Å²) in [5.74, 6) is 0.713. The smallest absolute Gasteiger partial charge is 0.314 e. The van der Waals surface area contributed by atoms with E-state index >= 15 is 0 Å². The monoisotopic (exact) mass is 404 g/mol. The topological polar surface area (TPSA) is 128 Å². The highest BCUT2D eigenvalue weighted by Crippen LogP contribution is 2.25. The number of nitrogens with zero attached hydrogens (tertiary/aromatic N) is 1. The summed E-state index contributed by atoms with van der Waals surface area (Å²) in [6.45, 7) is 1.94. The summed E-state index contributed by atoms with van der Waals surface area (Å²) < 4.78 is 33.7. The molecule has 0 bridgehead atoms. The van der Waals surface area contributed by atoms with Gasteiger partial charge in [0.25, 0.3) is 0 Å². The molecule has 0 amide bonds. The fraction of sp³-hybridized carbons (Fsp3) is 0.333. The molecular weight excluding hydrogens is 384 g/mol. The number of H-pyrrole nitrogens is 2. The molecule has 0 aliphatic carbocycles. The molecule has 3 heterocycles. The normalized spacial score (nSPS) is 16.6. The second kappa shape index (κ2) is 7.38. The van der Waals surface area contributed by atoms with E-state index in [1.54, 1.807) is 12.3 Å². The highest BCUT2D eigenvalue weighted by molar-refractivity contribution is 7.89. The predicted molar refractivity (Wildman–Crippen MR) is 103 cm³/mol. The van der Waals surface area contributed by atoms with Crippen molar-refractivity contribution in [2.24, 2.45) is 0 Å². The van der Waals surface area contributed by atoms with Gasteiger partial charge in [0.15, 0.2) is 0 Å². The third-order valence-corrected chi connectivity index (χ3v) is 6.34. The SMILES string of the molecule is O=c1[nH]c2ccc(S(=O)(=O)NCC(c3ccco3)N3CCCC3)cc2[nH]c1=O. The second-order valence-electron chi connectivity index (χ2n) is 6.74. The Kier molecular flexibility index (Phi) is 4.92. The number of rotatable bonds is 6. The van der Waals surface area contributed by atoms with Gasteiger partial charge in [0.05, 0.1) is 28.2 Å². The number of aromatic nitrogens is 2. The summed E-state index contributed by atoms with van der Waals surface area (Å²) >= 11 is 0. The van der Waals surface area contributed by atoms with Gasteiger partial charge in [-0.3, -0.25) is 14.5 Å². The van der Waals surface area contributed by atoms with Crippen LogP contribution in [0.4, 0.5) is 0 Å². The van der Waals surface area contributed by atoms with Gasteiger partial charge in [0.2, 0.25) is 10.0 Å². The Balaban J connectivity index is 1.59. The highest BCUT2D eigenvalue weighted by Gasteiger charge is 2.27. The maximum Gasteiger partial charge on any atom is 0.314 e. The van der Waals surface area contributed by atoms with Gasteiger partial charge >= 0.3 is 11.1 Å². The first-order valence-electron chi connectivity index (χ1n) is 8.97. The van der Waals surface area contributed by atoms with E-state index in [0.717, 1.165) is 25.9 Å². The number of likely N-dealkylation sites (tertiary alicyclic amines) is 1. The average Bonchev–Trinajstić information content (AvgIpc) is 3.37. The second-order valence-corrected chi connectivity index (χ2v) is 8.51. The standard InChI is InChI=1S/C18H20N4O5S/c23-17-18(24)21-14-10-12(5-6-13(14)20-17)28(25,26)19-11-15(16-4-3-9-27-16)22-7-1-2-8-22/h3-6,9-10,15,19H,1-2,7-8,11H2,(H,20,23)(H,21,24). The molecule has 0 saturated carbocycles. The van der Waals surface area contributed by atoms with Crippen LogP contribution in [0, 0.1) is 0 Å². The summed E-state index contributed by atoms with van der Waals surface area (Å²) in [6.07, 6.45) is 3.72. The Hall–Kier alpha value is -2.69. The van der Waals surface area contributed by atoms with Crippen LogP contribution in [0.1, 0.15) is 24.6 Å². The summed E-state index contributed by atoms with van der Waals surface area (Å²) in [5.41, 5.74) is -1.02. The Bertz CT molecular complexity index is 1190. The number of sulfonamides is 1. The van der Waals surface area contributed by atoms with E-state index < -0.39 is 21.1 Å². The molecule has 148 valence electrons. The first-order valence-corrected chi connectivity index (χ1v) is 10.5. The van der Waals surface area contributed by atoms with E-state index in [-0.39, 0.29) is 23.0 Å². The minimum absolute atomic E-state index is 0.00214. The molecule has 1 fully saturated rings. The van der Waals surface area contributed by atoms with E-state index in [4.69, 9.17) is 4.42 Å². The van der Waals surface area contributed by atoms with E-state index in [9.17, 15) is 18.0 Å². The van der Waals surface area contributed by atoms with E-state index in [2.05, 4.69) is 19.6 Å². The molecule has 0 radical (unpaired) electrons. The van der Waals surface area contributed by atoms with Crippen molar-refractivity contribution in [3.63, 3.8) is 0 Å². The van der Waals surface area contributed by atoms with Gasteiger partial charge in [-0.1, -0.05) is 0 Å². The van der Waals surface area contributed by atoms with Gasteiger partial charge in [-0.05, 0) is 56.3 Å². The number of furan rings is 1. The zero-order chi connectivity index (χ0) is 19.7. The van der Waals surface area contributed by atoms with Gasteiger partial charge in [0.1, 0.15) is 5.76 Å². The molecule has 1 aliphatic heterocycles. The van der Waals surface area contributed by atoms with Crippen LogP contribution in [0.5, 0.6) is 0 Å². The van der Waals surface area contributed by atoms with Crippen LogP contribution in [-0.2, 0) is 10.0 Å². The summed E-state index contributed by atoms with van der Waals surface area (Å²) in [4.78, 5) is 29.9. The first kappa shape index (κ1) is 18.7. The van der Waals surface area contributed by atoms with E-state index in [0.29, 0.717) is 11.3 Å². The maximum atomic E-state index is 12.8. The zero-order valence-corrected chi connectivity index (χ0v) is 15.8. The van der Waals surface area contributed by atoms with Crippen molar-refractivity contribution in [1.29, 1.82) is 0 Å². The van der Waals surface area contributed by atoms with Gasteiger partial charge in [-0.15, -0.1) is 0 Å². The molecule has 1 atom stereocenters. The van der Waals surface area contributed by atoms with Crippen LogP contribution in [0.15, 0.2) is 55.5 Å². The first-order chi connectivity index (χ1) is 13.4. The highest BCUT2D eigenvalue weighted by atomic mass is 32.2. The Morgan fingerprint density at radius 1 is 1.07 bits per heavy atom. The molecular formula is C18H20N4O5S. The molecule has 3 aromatic rings. The number of nitrogens with one attached hydrogen (secondary N) is 3. The van der Waals surface area contributed by atoms with Gasteiger partial charge < -0.3 is 14.4 Å². The largest absolute Gasteiger partial charge is 0.468 e. The molecule has 9 nitrogen and oxygen atoms in total. The van der Waals surface area contributed by atoms with Crippen LogP contribution in [-0.4, -0.2) is 42.9 Å². The lowest BCUT2D eigenvalue weighted by Crippen LogP contribution is -2.36. The van der Waals surface area contributed by atoms with E-state index in [1.807, 2.05) is 6.07 Å². The molecule has 0 spiro atoms. The molecule has 1 aliphatic rings. The van der Waals surface area contributed by atoms with Crippen molar-refractivity contribution in [2.75, 3.05) is 19.6 Å². The molecule has 3 N–H and O–H groups in total. The van der Waals surface area contributed by atoms with Crippen molar-refractivity contribution in [2.45, 2.75) is 23.8 Å². The van der Waals surface area contributed by atoms with Crippen molar-refractivity contribution in [1.82, 2.24) is 19.6 Å². The average molecular weight is 404 g/mol. The number of benzene rings is 1. The number of hydrogen-bond donors (Lipinski definition) is 3. The maximum absolute atomic E-state index is 12.8. The van der Waals surface area contributed by atoms with Crippen LogP contribution >= 0.6 is 0 Å². The molecule has 1 aromatic carbocycles. The summed E-state index contributed by atoms with van der Waals surface area (Å²) in [6, 6.07) is 7.60. The Morgan fingerprint density at radius 3 is 2.46 bits per heavy atom. The van der Waals surface area contributed by atoms with Gasteiger partial charge in [-0.25, -0.2) is 13.1 Å². The molecule has 1 unspecified atom stereocenters. The molecule has 1 saturated heterocycles. The molecule has 28 heavy (non-hydrogen) atoms. The molecule has 2 aromatic heterocycles. The third-order valence-electron chi connectivity index (χ3n) is 4.92. The lowest BCUT2D eigenvalue weighted by molar-refractivity contribution is 0.216. The van der Waals surface area contributed by atoms with Crippen molar-refractivity contribution < 1.29 is 12.8 Å². The Morgan fingerprint density at radius 2 is 1.79 bits per heavy atom. The fourth-order valence-electron chi connectivity index (χ4n) is 3.48. The lowest BCUT2D eigenvalue weighted by atomic mass is 10.2. The number of fused-ring (bicyclic) bond motifs is 1. The number of hydrogen-bond acceptors (Lipinski definition) is 6. The van der Waals surface area contributed by atoms with Crippen molar-refractivity contribution in [3.05, 3.63) is 63.1 Å². The van der Waals surface area contributed by atoms with Crippen LogP contribution in [0.3, 0.4) is 0 Å². The Labute approximate surface area is 160 Å². The van der Waals surface area contributed by atoms with Crippen molar-refractivity contribution >= 4 is 21.1 Å². The van der Waals surface area contributed by atoms with Crippen LogP contribution in [0.2, 0.25) is 0 Å². The van der Waals surface area contributed by atoms with E-state index in [1.165, 1.54) is 18.2 Å². The zero-order valence-electron chi connectivity index (χ0n) is 15.0. The van der Waals surface area contributed by atoms with Gasteiger partial charge in [-0.2, -0.15) is 0 Å². The van der Waals surface area contributed by atoms with Crippen LogP contribution in [0.25, 0.3) is 11.0 Å². The molecule has 4 rings (SSSR count). The minimum Gasteiger partial charge on any atom is -0.468 e. The van der Waals surface area contributed by atoms with Gasteiger partial charge in [0, 0.05) is 6.54 Å². The minimum atomic E-state index is -3.82. The summed E-state index contributed by atoms with van der Waals surface area (Å²) in [7, 11) is -3.82. The lowest BCUT2D eigenvalue weighted by Gasteiger charge is -2.26. The number of aromatic amines is 2. The van der Waals surface area contributed by atoms with Crippen molar-refractivity contribution in [3.8, 4) is 0 Å². The predicted octanol–water partition coefficient (Wildman–Crippen LogP) is 0.925. The quantitative estimate of drug-likeness (QED) is 0.524. The van der Waals surface area contributed by atoms with Crippen LogP contribution < -0.4 is 15.8 Å².